The van der Waals surface area contributed by atoms with Gasteiger partial charge in [0.25, 0.3) is 0 Å². The van der Waals surface area contributed by atoms with Crippen LogP contribution in [0.15, 0.2) is 130 Å². The van der Waals surface area contributed by atoms with Crippen molar-refractivity contribution in [3.8, 4) is 0 Å². The third-order valence-corrected chi connectivity index (χ3v) is 0.167. The van der Waals surface area contributed by atoms with Gasteiger partial charge in [0.15, 0.2) is 0 Å². The Morgan fingerprint density at radius 3 is 0.0977 bits per heavy atom. The van der Waals surface area contributed by atoms with Crippen molar-refractivity contribution in [2.75, 3.05) is 7.11 Å². The topological polar surface area (TPSA) is 9.23 Å². The SMILES string of the molecule is C=C.C=C.C=C.C=C.C=C.C=C.C=CC.C=CC.C=CC.C=COC.CC.CC.CC.CC.CC.CC.CC.CC.CC.CC.CC.CC.CC.CC.CC.CC.CC.CC.CC.CC.CC.CC.CC.CC.CC.CC.CC.CC.CC.CC.CC.CC.CC.CC.CC.CC.CC.CC.CC.CC.CC.CC.CC.CC.CC.CC.CC.CC.CC.CC.CC.CC.CC.CC. The molecular formula is C132H372O. The fourth-order valence-electron chi connectivity index (χ4n) is 0. The van der Waals surface area contributed by atoms with Crippen LogP contribution in [0.2, 0.25) is 0 Å². The molecule has 0 radical (unpaired) electrons. The first kappa shape index (κ1) is 496. The average Bonchev–Trinajstić information content (AvgIpc) is 4.11. The summed E-state index contributed by atoms with van der Waals surface area (Å²) >= 11 is 0. The van der Waals surface area contributed by atoms with Crippen LogP contribution in [0.1, 0.15) is 769 Å². The van der Waals surface area contributed by atoms with E-state index >= 15 is 0 Å². The smallest absolute Gasteiger partial charge is 0.0766 e. The summed E-state index contributed by atoms with van der Waals surface area (Å²) in [7, 11) is 1.56. The summed E-state index contributed by atoms with van der Waals surface area (Å²) < 4.78 is 4.31. The predicted molar refractivity (Wildman–Crippen MR) is 745 cm³/mol. The maximum atomic E-state index is 4.31. The molecule has 0 aromatic heterocycles. The number of hydrogen-bond donors (Lipinski definition) is 0. The molecule has 0 unspecified atom stereocenters. The van der Waals surface area contributed by atoms with Crippen LogP contribution in [0.4, 0.5) is 0 Å². The third-order valence-electron chi connectivity index (χ3n) is 0.167. The lowest BCUT2D eigenvalue weighted by molar-refractivity contribution is 0.339. The second kappa shape index (κ2) is 439000. The van der Waals surface area contributed by atoms with Crippen LogP contribution in [0.3, 0.4) is 0 Å². The summed E-state index contributed by atoms with van der Waals surface area (Å²) in [5.41, 5.74) is 0. The van der Waals surface area contributed by atoms with E-state index in [4.69, 9.17) is 0 Å². The Kier molecular flexibility index (Phi) is 1640000. The van der Waals surface area contributed by atoms with E-state index in [0.717, 1.165) is 0 Å². The molecule has 1 heteroatoms. The molecule has 0 atom stereocenters. The summed E-state index contributed by atoms with van der Waals surface area (Å²) in [6.45, 7) is 271. The number of hydrogen-bond acceptors (Lipinski definition) is 1. The van der Waals surface area contributed by atoms with Gasteiger partial charge in [-0.1, -0.05) is 773 Å². The minimum atomic E-state index is 1.38. The first-order valence-corrected chi connectivity index (χ1v) is 61.0. The van der Waals surface area contributed by atoms with Gasteiger partial charge in [0, 0.05) is 0 Å². The zero-order valence-electron chi connectivity index (χ0n) is 126. The fraction of sp³-hybridized carbons (Fsp3) is 0.848. The van der Waals surface area contributed by atoms with E-state index < -0.39 is 0 Å². The van der Waals surface area contributed by atoms with Gasteiger partial charge in [0.2, 0.25) is 0 Å². The Bertz CT molecular complexity index is 132. The highest BCUT2D eigenvalue weighted by Gasteiger charge is 1.36. The highest BCUT2D eigenvalue weighted by molar-refractivity contribution is 4.52. The van der Waals surface area contributed by atoms with Gasteiger partial charge in [0.1, 0.15) is 0 Å². The van der Waals surface area contributed by atoms with Crippen LogP contribution in [-0.2, 0) is 4.74 Å². The summed E-state index contributed by atoms with van der Waals surface area (Å²) in [5.74, 6) is 0. The Morgan fingerprint density at radius 1 is 0.0902 bits per heavy atom. The fourth-order valence-corrected chi connectivity index (χ4v) is 0. The zero-order valence-corrected chi connectivity index (χ0v) is 126. The van der Waals surface area contributed by atoms with Gasteiger partial charge >= 0.3 is 0 Å². The number of allylic oxidation sites excluding steroid dienone is 3. The van der Waals surface area contributed by atoms with Crippen LogP contribution in [0.5, 0.6) is 0 Å². The van der Waals surface area contributed by atoms with Crippen molar-refractivity contribution in [1.82, 2.24) is 0 Å². The molecular weight excluding hydrogens is 1600 g/mol. The molecule has 0 aliphatic heterocycles. The van der Waals surface area contributed by atoms with Crippen LogP contribution in [-0.4, -0.2) is 7.11 Å². The number of rotatable bonds is 1. The third kappa shape index (κ3) is 645000. The van der Waals surface area contributed by atoms with Gasteiger partial charge in [0.05, 0.1) is 13.4 Å². The Morgan fingerprint density at radius 2 is 0.0977 bits per heavy atom. The molecule has 0 aromatic rings. The van der Waals surface area contributed by atoms with Crippen molar-refractivity contribution in [3.63, 3.8) is 0 Å². The zero-order chi connectivity index (χ0) is 132. The van der Waals surface area contributed by atoms with Crippen LogP contribution >= 0.6 is 0 Å². The van der Waals surface area contributed by atoms with Gasteiger partial charge in [-0.15, -0.1) is 98.7 Å². The van der Waals surface area contributed by atoms with Gasteiger partial charge in [-0.05, 0) is 20.8 Å². The first-order valence-electron chi connectivity index (χ1n) is 61.0. The predicted octanol–water partition coefficient (Wildman–Crippen LogP) is 64.6. The molecule has 906 valence electrons. The molecule has 0 fully saturated rings. The Balaban J connectivity index is -0.00000000587. The van der Waals surface area contributed by atoms with Crippen LogP contribution < -0.4 is 0 Å². The van der Waals surface area contributed by atoms with Crippen molar-refractivity contribution in [1.29, 1.82) is 0 Å². The molecule has 0 saturated heterocycles. The number of methoxy groups -OCH3 is 1. The minimum absolute atomic E-state index is 1.38. The standard InChI is InChI=1S/C3H6O.3C3H6.54C2H6.6C2H4/c1-3-4-2;3*1-3-2;60*1-2/h3H,1H2,2H3;3*3H,1H2,2H3;54*1-2H3;6*1-2H2. The molecule has 1 nitrogen and oxygen atoms in total. The van der Waals surface area contributed by atoms with E-state index in [1.54, 1.807) is 25.3 Å². The quantitative estimate of drug-likeness (QED) is 0.188. The summed E-state index contributed by atoms with van der Waals surface area (Å²) in [6.07, 6.45) is 6.62. The van der Waals surface area contributed by atoms with E-state index in [2.05, 4.69) is 110 Å². The van der Waals surface area contributed by atoms with Gasteiger partial charge in [-0.25, -0.2) is 0 Å². The molecule has 133 heavy (non-hydrogen) atoms. The molecule has 0 aliphatic carbocycles. The van der Waals surface area contributed by atoms with E-state index in [1.807, 2.05) is 769 Å². The lowest BCUT2D eigenvalue weighted by Crippen LogP contribution is -1.54. The summed E-state index contributed by atoms with van der Waals surface area (Å²) in [6, 6.07) is 0. The first-order chi connectivity index (χ1) is 66.2. The van der Waals surface area contributed by atoms with E-state index in [-0.39, 0.29) is 0 Å². The second-order valence-corrected chi connectivity index (χ2v) is 1.63. The molecule has 0 bridgehead atoms. The van der Waals surface area contributed by atoms with Crippen molar-refractivity contribution < 1.29 is 4.74 Å². The maximum Gasteiger partial charge on any atom is 0.0766 e. The molecule has 0 heterocycles. The highest BCUT2D eigenvalue weighted by atomic mass is 16.5. The molecule has 0 N–H and O–H groups in total. The normalized spacial score (nSPS) is 3.07. The lowest BCUT2D eigenvalue weighted by atomic mass is 10.8. The largest absolute Gasteiger partial charge is 0.505 e. The lowest BCUT2D eigenvalue weighted by Gasteiger charge is -1.73. The van der Waals surface area contributed by atoms with Crippen molar-refractivity contribution in [3.05, 3.63) is 130 Å². The van der Waals surface area contributed by atoms with Crippen molar-refractivity contribution in [2.45, 2.75) is 769 Å². The molecule has 0 rings (SSSR count). The summed E-state index contributed by atoms with van der Waals surface area (Å²) in [5, 5.41) is 0. The molecule has 0 aliphatic rings. The van der Waals surface area contributed by atoms with E-state index in [0.29, 0.717) is 0 Å². The van der Waals surface area contributed by atoms with Gasteiger partial charge in [-0.3, -0.25) is 0 Å². The molecule has 0 saturated carbocycles. The van der Waals surface area contributed by atoms with Gasteiger partial charge < -0.3 is 4.74 Å². The minimum Gasteiger partial charge on any atom is -0.505 e. The highest BCUT2D eigenvalue weighted by Crippen LogP contribution is 1.52. The van der Waals surface area contributed by atoms with Crippen molar-refractivity contribution in [2.24, 2.45) is 0 Å². The van der Waals surface area contributed by atoms with Gasteiger partial charge in [-0.2, -0.15) is 0 Å². The Labute approximate surface area is 904 Å². The van der Waals surface area contributed by atoms with Crippen LogP contribution in [0, 0.1) is 0 Å². The maximum absolute atomic E-state index is 4.31. The monoisotopic (exact) mass is 1970 g/mol. The Hall–Kier alpha value is -2.80. The summed E-state index contributed by atoms with van der Waals surface area (Å²) in [4.78, 5) is 0. The average molecular weight is 1980 g/mol. The second-order valence-electron chi connectivity index (χ2n) is 1.63. The van der Waals surface area contributed by atoms with Crippen LogP contribution in [0.25, 0.3) is 0 Å². The van der Waals surface area contributed by atoms with E-state index in [1.165, 1.54) is 6.26 Å². The molecule has 0 aromatic carbocycles. The number of ether oxygens (including phenoxy) is 1. The molecule has 0 spiro atoms. The van der Waals surface area contributed by atoms with E-state index in [9.17, 15) is 0 Å². The van der Waals surface area contributed by atoms with Crippen molar-refractivity contribution >= 4 is 0 Å². The molecule has 0 amide bonds.